The third-order valence-electron chi connectivity index (χ3n) is 5.08. The fraction of sp³-hybridized carbons (Fsp3) is 0.318. The normalized spacial score (nSPS) is 15.0. The lowest BCUT2D eigenvalue weighted by Crippen LogP contribution is -2.36. The first-order chi connectivity index (χ1) is 15.1. The highest BCUT2D eigenvalue weighted by Gasteiger charge is 2.15. The molecule has 4 rings (SSSR count). The van der Waals surface area contributed by atoms with Gasteiger partial charge < -0.3 is 15.0 Å². The third-order valence-corrected chi connectivity index (χ3v) is 6.26. The van der Waals surface area contributed by atoms with E-state index in [-0.39, 0.29) is 17.7 Å². The number of carbonyl (C=O) groups excluding carboxylic acids is 1. The maximum Gasteiger partial charge on any atom is 0.230 e. The highest BCUT2D eigenvalue weighted by Crippen LogP contribution is 2.23. The van der Waals surface area contributed by atoms with Gasteiger partial charge in [0.25, 0.3) is 0 Å². The minimum atomic E-state index is -0.0855. The zero-order chi connectivity index (χ0) is 21.6. The quantitative estimate of drug-likeness (QED) is 0.545. The molecule has 0 radical (unpaired) electrons. The molecule has 2 aromatic carbocycles. The van der Waals surface area contributed by atoms with Crippen LogP contribution in [-0.4, -0.2) is 52.7 Å². The van der Waals surface area contributed by atoms with Crippen molar-refractivity contribution in [1.82, 2.24) is 20.1 Å². The number of hydrogen-bond acceptors (Lipinski definition) is 6. The first-order valence-corrected chi connectivity index (χ1v) is 11.5. The lowest BCUT2D eigenvalue weighted by Gasteiger charge is -2.29. The molecule has 7 nitrogen and oxygen atoms in total. The van der Waals surface area contributed by atoms with Gasteiger partial charge in [-0.25, -0.2) is 0 Å². The number of carbonyl (C=O) groups is 1. The molecule has 31 heavy (non-hydrogen) atoms. The average Bonchev–Trinajstić information content (AvgIpc) is 3.27. The number of morpholine rings is 1. The van der Waals surface area contributed by atoms with Gasteiger partial charge >= 0.3 is 0 Å². The molecule has 2 heterocycles. The van der Waals surface area contributed by atoms with Gasteiger partial charge in [0, 0.05) is 23.8 Å². The van der Waals surface area contributed by atoms with Crippen LogP contribution in [0.1, 0.15) is 18.5 Å². The van der Waals surface area contributed by atoms with Gasteiger partial charge in [0.2, 0.25) is 5.91 Å². The van der Waals surface area contributed by atoms with Crippen LogP contribution in [-0.2, 0) is 9.53 Å². The molecule has 9 heteroatoms. The van der Waals surface area contributed by atoms with E-state index in [0.29, 0.717) is 10.2 Å². The van der Waals surface area contributed by atoms with Crippen molar-refractivity contribution in [3.63, 3.8) is 0 Å². The number of amides is 1. The minimum Gasteiger partial charge on any atom is -0.378 e. The lowest BCUT2D eigenvalue weighted by molar-refractivity contribution is -0.119. The molecule has 1 aliphatic heterocycles. The number of nitrogens with zero attached hydrogens (tertiary/aromatic N) is 4. The molecule has 1 unspecified atom stereocenters. The van der Waals surface area contributed by atoms with Gasteiger partial charge in [-0.15, -0.1) is 10.2 Å². The van der Waals surface area contributed by atoms with Crippen LogP contribution in [0.25, 0.3) is 5.69 Å². The molecular weight excluding hydrogens is 434 g/mol. The van der Waals surface area contributed by atoms with E-state index < -0.39 is 0 Å². The zero-order valence-corrected chi connectivity index (χ0v) is 18.8. The Morgan fingerprint density at radius 3 is 2.71 bits per heavy atom. The van der Waals surface area contributed by atoms with Gasteiger partial charge in [-0.1, -0.05) is 41.6 Å². The van der Waals surface area contributed by atoms with E-state index in [2.05, 4.69) is 44.7 Å². The number of anilines is 1. The maximum atomic E-state index is 12.5. The highest BCUT2D eigenvalue weighted by atomic mass is 35.5. The van der Waals surface area contributed by atoms with Crippen LogP contribution in [0.15, 0.2) is 60.0 Å². The van der Waals surface area contributed by atoms with E-state index in [9.17, 15) is 4.79 Å². The van der Waals surface area contributed by atoms with Crippen molar-refractivity contribution in [3.8, 4) is 5.69 Å². The van der Waals surface area contributed by atoms with E-state index in [0.717, 1.165) is 37.6 Å². The second-order valence-electron chi connectivity index (χ2n) is 7.23. The van der Waals surface area contributed by atoms with E-state index in [1.54, 1.807) is 6.33 Å². The molecule has 0 saturated carbocycles. The maximum absolute atomic E-state index is 12.5. The van der Waals surface area contributed by atoms with Gasteiger partial charge in [0.1, 0.15) is 6.33 Å². The summed E-state index contributed by atoms with van der Waals surface area (Å²) in [4.78, 5) is 14.8. The average molecular weight is 458 g/mol. The smallest absolute Gasteiger partial charge is 0.230 e. The Kier molecular flexibility index (Phi) is 7.11. The molecule has 3 aromatic rings. The van der Waals surface area contributed by atoms with Crippen LogP contribution in [0.4, 0.5) is 5.69 Å². The highest BCUT2D eigenvalue weighted by molar-refractivity contribution is 7.99. The molecule has 0 aliphatic carbocycles. The van der Waals surface area contributed by atoms with Crippen LogP contribution in [0.2, 0.25) is 5.02 Å². The number of halogens is 1. The Balaban J connectivity index is 1.32. The molecule has 0 spiro atoms. The van der Waals surface area contributed by atoms with Crippen molar-refractivity contribution in [2.75, 3.05) is 37.0 Å². The van der Waals surface area contributed by atoms with Crippen LogP contribution in [0.5, 0.6) is 0 Å². The number of rotatable bonds is 7. The predicted octanol–water partition coefficient (Wildman–Crippen LogP) is 3.73. The summed E-state index contributed by atoms with van der Waals surface area (Å²) in [5.74, 6) is 0.186. The molecule has 1 N–H and O–H groups in total. The van der Waals surface area contributed by atoms with E-state index in [4.69, 9.17) is 16.3 Å². The Morgan fingerprint density at radius 2 is 1.97 bits per heavy atom. The summed E-state index contributed by atoms with van der Waals surface area (Å²) >= 11 is 7.41. The van der Waals surface area contributed by atoms with Crippen LogP contribution < -0.4 is 10.2 Å². The third kappa shape index (κ3) is 5.58. The second kappa shape index (κ2) is 10.2. The summed E-state index contributed by atoms with van der Waals surface area (Å²) in [6.07, 6.45) is 1.62. The van der Waals surface area contributed by atoms with E-state index in [1.165, 1.54) is 17.4 Å². The monoisotopic (exact) mass is 457 g/mol. The summed E-state index contributed by atoms with van der Waals surface area (Å²) in [6, 6.07) is 15.7. The van der Waals surface area contributed by atoms with Crippen molar-refractivity contribution in [1.29, 1.82) is 0 Å². The Labute approximate surface area is 190 Å². The fourth-order valence-corrected chi connectivity index (χ4v) is 4.34. The van der Waals surface area contributed by atoms with E-state index in [1.807, 2.05) is 35.8 Å². The minimum absolute atomic E-state index is 0.0598. The first kappa shape index (κ1) is 21.7. The number of aromatic nitrogens is 3. The van der Waals surface area contributed by atoms with Crippen molar-refractivity contribution in [2.24, 2.45) is 0 Å². The largest absolute Gasteiger partial charge is 0.378 e. The summed E-state index contributed by atoms with van der Waals surface area (Å²) in [5, 5.41) is 12.4. The summed E-state index contributed by atoms with van der Waals surface area (Å²) < 4.78 is 7.22. The van der Waals surface area contributed by atoms with Crippen LogP contribution in [0.3, 0.4) is 0 Å². The van der Waals surface area contributed by atoms with Gasteiger partial charge in [-0.2, -0.15) is 0 Å². The van der Waals surface area contributed by atoms with Gasteiger partial charge in [-0.3, -0.25) is 9.36 Å². The SMILES string of the molecule is CC(NC(=O)CSc1nncn1-c1cccc(Cl)c1)c1ccc(N2CCOCC2)cc1. The molecule has 1 aromatic heterocycles. The molecular formula is C22H24ClN5O2S. The molecule has 1 aliphatic rings. The Bertz CT molecular complexity index is 1020. The molecule has 1 amide bonds. The standard InChI is InChI=1S/C22H24ClN5O2S/c1-16(17-5-7-19(8-6-17)27-9-11-30-12-10-27)25-21(29)14-31-22-26-24-15-28(22)20-4-2-3-18(23)13-20/h2-8,13,15-16H,9-12,14H2,1H3,(H,25,29). The number of benzene rings is 2. The second-order valence-corrected chi connectivity index (χ2v) is 8.61. The molecule has 0 bridgehead atoms. The number of ether oxygens (including phenoxy) is 1. The Hall–Kier alpha value is -2.55. The summed E-state index contributed by atoms with van der Waals surface area (Å²) in [7, 11) is 0. The van der Waals surface area contributed by atoms with Crippen LogP contribution in [0, 0.1) is 0 Å². The molecule has 1 atom stereocenters. The van der Waals surface area contributed by atoms with E-state index >= 15 is 0 Å². The van der Waals surface area contributed by atoms with Crippen molar-refractivity contribution in [3.05, 3.63) is 65.4 Å². The topological polar surface area (TPSA) is 72.3 Å². The first-order valence-electron chi connectivity index (χ1n) is 10.1. The number of thioether (sulfide) groups is 1. The van der Waals surface area contributed by atoms with Crippen molar-refractivity contribution < 1.29 is 9.53 Å². The van der Waals surface area contributed by atoms with Gasteiger partial charge in [-0.05, 0) is 42.8 Å². The number of nitrogens with one attached hydrogen (secondary N) is 1. The fourth-order valence-electron chi connectivity index (χ4n) is 3.42. The van der Waals surface area contributed by atoms with Gasteiger partial charge in [0.15, 0.2) is 5.16 Å². The molecule has 1 fully saturated rings. The summed E-state index contributed by atoms with van der Waals surface area (Å²) in [6.45, 7) is 5.32. The van der Waals surface area contributed by atoms with Gasteiger partial charge in [0.05, 0.1) is 30.7 Å². The number of hydrogen-bond donors (Lipinski definition) is 1. The summed E-state index contributed by atoms with van der Waals surface area (Å²) in [5.41, 5.74) is 3.10. The Morgan fingerprint density at radius 1 is 1.19 bits per heavy atom. The zero-order valence-electron chi connectivity index (χ0n) is 17.2. The molecule has 162 valence electrons. The predicted molar refractivity (Wildman–Crippen MR) is 123 cm³/mol. The van der Waals surface area contributed by atoms with Crippen LogP contribution >= 0.6 is 23.4 Å². The lowest BCUT2D eigenvalue weighted by atomic mass is 10.1. The van der Waals surface area contributed by atoms with Crippen molar-refractivity contribution in [2.45, 2.75) is 18.1 Å². The van der Waals surface area contributed by atoms with Crippen molar-refractivity contribution >= 4 is 35.0 Å². The molecule has 1 saturated heterocycles.